The van der Waals surface area contributed by atoms with Gasteiger partial charge in [0.1, 0.15) is 0 Å². The number of carbonyl (C=O) groups excluding carboxylic acids is 1. The van der Waals surface area contributed by atoms with Crippen molar-refractivity contribution in [2.45, 2.75) is 47.5 Å². The van der Waals surface area contributed by atoms with Crippen LogP contribution in [0.3, 0.4) is 0 Å². The first-order chi connectivity index (χ1) is 14.3. The minimum absolute atomic E-state index is 0.00471. The van der Waals surface area contributed by atoms with E-state index in [1.165, 1.54) is 0 Å². The highest BCUT2D eigenvalue weighted by molar-refractivity contribution is 5.91. The summed E-state index contributed by atoms with van der Waals surface area (Å²) in [7, 11) is 0. The summed E-state index contributed by atoms with van der Waals surface area (Å²) in [6, 6.07) is 9.68. The van der Waals surface area contributed by atoms with Gasteiger partial charge < -0.3 is 5.32 Å². The highest BCUT2D eigenvalue weighted by atomic mass is 16.1. The molecule has 0 bridgehead atoms. The van der Waals surface area contributed by atoms with Gasteiger partial charge in [-0.3, -0.25) is 4.79 Å². The van der Waals surface area contributed by atoms with E-state index < -0.39 is 0 Å². The zero-order valence-corrected chi connectivity index (χ0v) is 17.9. The fraction of sp³-hybridized carbons (Fsp3) is 0.318. The third-order valence-corrected chi connectivity index (χ3v) is 5.54. The van der Waals surface area contributed by atoms with Crippen molar-refractivity contribution < 1.29 is 4.79 Å². The molecule has 8 heteroatoms. The Morgan fingerprint density at radius 2 is 1.80 bits per heavy atom. The Kier molecular flexibility index (Phi) is 5.07. The number of anilines is 1. The first kappa shape index (κ1) is 19.8. The number of benzene rings is 1. The monoisotopic (exact) mass is 403 g/mol. The van der Waals surface area contributed by atoms with Gasteiger partial charge in [-0.2, -0.15) is 9.61 Å². The van der Waals surface area contributed by atoms with Crippen LogP contribution in [0.15, 0.2) is 30.3 Å². The molecule has 8 nitrogen and oxygen atoms in total. The molecule has 0 saturated carbocycles. The Hall–Kier alpha value is -3.55. The molecule has 154 valence electrons. The van der Waals surface area contributed by atoms with Crippen LogP contribution in [0, 0.1) is 34.6 Å². The van der Waals surface area contributed by atoms with Gasteiger partial charge in [-0.15, -0.1) is 15.3 Å². The predicted molar refractivity (Wildman–Crippen MR) is 115 cm³/mol. The minimum atomic E-state index is -0.00471. The Morgan fingerprint density at radius 1 is 1.00 bits per heavy atom. The number of hydrogen-bond donors (Lipinski definition) is 1. The van der Waals surface area contributed by atoms with Gasteiger partial charge >= 0.3 is 0 Å². The molecule has 3 aromatic heterocycles. The van der Waals surface area contributed by atoms with Gasteiger partial charge in [0.25, 0.3) is 0 Å². The average Bonchev–Trinajstić information content (AvgIpc) is 3.23. The summed E-state index contributed by atoms with van der Waals surface area (Å²) in [5.74, 6) is 1.41. The molecule has 0 radical (unpaired) electrons. The van der Waals surface area contributed by atoms with E-state index in [1.54, 1.807) is 4.52 Å². The van der Waals surface area contributed by atoms with Gasteiger partial charge in [-0.1, -0.05) is 12.1 Å². The van der Waals surface area contributed by atoms with E-state index in [2.05, 4.69) is 25.7 Å². The summed E-state index contributed by atoms with van der Waals surface area (Å²) in [5.41, 5.74) is 6.75. The lowest BCUT2D eigenvalue weighted by Gasteiger charge is -2.10. The quantitative estimate of drug-likeness (QED) is 0.551. The minimum Gasteiger partial charge on any atom is -0.326 e. The average molecular weight is 403 g/mol. The molecule has 30 heavy (non-hydrogen) atoms. The van der Waals surface area contributed by atoms with Gasteiger partial charge in [0.15, 0.2) is 17.3 Å². The smallest absolute Gasteiger partial charge is 0.224 e. The standard InChI is InChI=1S/C22H25N7O/c1-13-7-6-8-19(14(13)2)23-22(30)12-9-18-15(3)26-28(16(18)4)21-11-10-20-25-24-17(5)29(20)27-21/h6-8,10-11H,9,12H2,1-5H3,(H,23,30). The number of amides is 1. The maximum absolute atomic E-state index is 12.5. The summed E-state index contributed by atoms with van der Waals surface area (Å²) in [6.45, 7) is 9.88. The van der Waals surface area contributed by atoms with Crippen molar-refractivity contribution in [2.24, 2.45) is 0 Å². The third kappa shape index (κ3) is 3.56. The van der Waals surface area contributed by atoms with Crippen LogP contribution in [0.5, 0.6) is 0 Å². The first-order valence-corrected chi connectivity index (χ1v) is 9.95. The Morgan fingerprint density at radius 3 is 2.60 bits per heavy atom. The summed E-state index contributed by atoms with van der Waals surface area (Å²) < 4.78 is 3.51. The Labute approximate surface area is 174 Å². The van der Waals surface area contributed by atoms with E-state index in [0.717, 1.165) is 39.6 Å². The second-order valence-electron chi connectivity index (χ2n) is 7.57. The van der Waals surface area contributed by atoms with E-state index >= 15 is 0 Å². The molecule has 1 amide bonds. The second kappa shape index (κ2) is 7.70. The zero-order valence-electron chi connectivity index (χ0n) is 17.9. The van der Waals surface area contributed by atoms with Crippen molar-refractivity contribution in [3.63, 3.8) is 0 Å². The van der Waals surface area contributed by atoms with Crippen molar-refractivity contribution >= 4 is 17.2 Å². The normalized spacial score (nSPS) is 11.2. The second-order valence-corrected chi connectivity index (χ2v) is 7.57. The number of fused-ring (bicyclic) bond motifs is 1. The van der Waals surface area contributed by atoms with Crippen LogP contribution in [0.1, 0.15) is 40.3 Å². The summed E-state index contributed by atoms with van der Waals surface area (Å²) >= 11 is 0. The van der Waals surface area contributed by atoms with Crippen molar-refractivity contribution in [3.8, 4) is 5.82 Å². The predicted octanol–water partition coefficient (Wildman–Crippen LogP) is 3.42. The molecule has 1 aromatic carbocycles. The lowest BCUT2D eigenvalue weighted by molar-refractivity contribution is -0.116. The number of aromatic nitrogens is 6. The van der Waals surface area contributed by atoms with Crippen LogP contribution in [-0.4, -0.2) is 35.5 Å². The van der Waals surface area contributed by atoms with Crippen molar-refractivity contribution in [1.82, 2.24) is 29.6 Å². The summed E-state index contributed by atoms with van der Waals surface area (Å²) in [5, 5.41) is 20.4. The van der Waals surface area contributed by atoms with Crippen LogP contribution in [-0.2, 0) is 11.2 Å². The Balaban J connectivity index is 1.52. The Bertz CT molecular complexity index is 1250. The van der Waals surface area contributed by atoms with Gasteiger partial charge in [0.2, 0.25) is 5.91 Å². The van der Waals surface area contributed by atoms with Gasteiger partial charge in [0.05, 0.1) is 5.69 Å². The SMILES string of the molecule is Cc1cccc(NC(=O)CCc2c(C)nn(-c3ccc4nnc(C)n4n3)c2C)c1C. The molecule has 1 N–H and O–H groups in total. The molecule has 4 rings (SSSR count). The fourth-order valence-electron chi connectivity index (χ4n) is 3.60. The number of nitrogens with one attached hydrogen (secondary N) is 1. The molecule has 4 aromatic rings. The van der Waals surface area contributed by atoms with E-state index in [1.807, 2.05) is 69.6 Å². The molecule has 0 saturated heterocycles. The largest absolute Gasteiger partial charge is 0.326 e. The van der Waals surface area contributed by atoms with E-state index in [-0.39, 0.29) is 5.91 Å². The number of carbonyl (C=O) groups is 1. The van der Waals surface area contributed by atoms with Gasteiger partial charge in [0, 0.05) is 17.8 Å². The lowest BCUT2D eigenvalue weighted by atomic mass is 10.1. The molecule has 0 aliphatic rings. The molecule has 0 aliphatic carbocycles. The van der Waals surface area contributed by atoms with Crippen molar-refractivity contribution in [3.05, 3.63) is 64.2 Å². The van der Waals surface area contributed by atoms with E-state index in [4.69, 9.17) is 0 Å². The highest BCUT2D eigenvalue weighted by Gasteiger charge is 2.16. The number of aryl methyl sites for hydroxylation is 3. The van der Waals surface area contributed by atoms with Crippen molar-refractivity contribution in [1.29, 1.82) is 0 Å². The topological polar surface area (TPSA) is 90.0 Å². The van der Waals surface area contributed by atoms with Crippen molar-refractivity contribution in [2.75, 3.05) is 5.32 Å². The molecule has 0 unspecified atom stereocenters. The molecule has 3 heterocycles. The van der Waals surface area contributed by atoms with Crippen LogP contribution < -0.4 is 5.32 Å². The summed E-state index contributed by atoms with van der Waals surface area (Å²) in [4.78, 5) is 12.5. The van der Waals surface area contributed by atoms with Gasteiger partial charge in [-0.25, -0.2) is 4.68 Å². The molecule has 0 atom stereocenters. The lowest BCUT2D eigenvalue weighted by Crippen LogP contribution is -2.14. The molecule has 0 aliphatic heterocycles. The third-order valence-electron chi connectivity index (χ3n) is 5.54. The summed E-state index contributed by atoms with van der Waals surface area (Å²) in [6.07, 6.45) is 1.00. The molecule has 0 fully saturated rings. The van der Waals surface area contributed by atoms with E-state index in [0.29, 0.717) is 24.3 Å². The van der Waals surface area contributed by atoms with E-state index in [9.17, 15) is 4.79 Å². The van der Waals surface area contributed by atoms with Crippen LogP contribution >= 0.6 is 0 Å². The van der Waals surface area contributed by atoms with Crippen LogP contribution in [0.4, 0.5) is 5.69 Å². The van der Waals surface area contributed by atoms with Crippen LogP contribution in [0.25, 0.3) is 11.5 Å². The zero-order chi connectivity index (χ0) is 21.4. The number of hydrogen-bond acceptors (Lipinski definition) is 5. The fourth-order valence-corrected chi connectivity index (χ4v) is 3.60. The highest BCUT2D eigenvalue weighted by Crippen LogP contribution is 2.21. The maximum atomic E-state index is 12.5. The molecule has 0 spiro atoms. The van der Waals surface area contributed by atoms with Gasteiger partial charge in [-0.05, 0) is 75.9 Å². The molecular weight excluding hydrogens is 378 g/mol. The number of nitrogens with zero attached hydrogens (tertiary/aromatic N) is 6. The van der Waals surface area contributed by atoms with Crippen LogP contribution in [0.2, 0.25) is 0 Å². The molecular formula is C22H25N7O. The maximum Gasteiger partial charge on any atom is 0.224 e. The number of rotatable bonds is 5. The first-order valence-electron chi connectivity index (χ1n) is 9.95.